The maximum absolute atomic E-state index is 12.6. The number of hydrogen-bond acceptors (Lipinski definition) is 5. The van der Waals surface area contributed by atoms with E-state index in [1.165, 1.54) is 9.75 Å². The minimum atomic E-state index is -0.0260. The Morgan fingerprint density at radius 1 is 1.20 bits per heavy atom. The predicted molar refractivity (Wildman–Crippen MR) is 99.6 cm³/mol. The molecule has 0 saturated carbocycles. The first-order valence-electron chi connectivity index (χ1n) is 8.55. The number of thiophene rings is 1. The van der Waals surface area contributed by atoms with Crippen LogP contribution in [-0.4, -0.2) is 26.4 Å². The second-order valence-corrected chi connectivity index (χ2v) is 7.51. The third kappa shape index (κ3) is 3.41. The molecule has 3 aromatic heterocycles. The van der Waals surface area contributed by atoms with Crippen LogP contribution in [0, 0.1) is 0 Å². The van der Waals surface area contributed by atoms with Crippen molar-refractivity contribution >= 4 is 11.3 Å². The molecule has 4 rings (SSSR count). The van der Waals surface area contributed by atoms with Gasteiger partial charge in [0.2, 0.25) is 0 Å². The number of aryl methyl sites for hydroxylation is 1. The molecule has 0 radical (unpaired) electrons. The lowest BCUT2D eigenvalue weighted by Gasteiger charge is -2.27. The van der Waals surface area contributed by atoms with Gasteiger partial charge in [-0.2, -0.15) is 0 Å². The molecule has 0 fully saturated rings. The van der Waals surface area contributed by atoms with Gasteiger partial charge in [0.25, 0.3) is 5.56 Å². The van der Waals surface area contributed by atoms with Crippen molar-refractivity contribution in [2.24, 2.45) is 0 Å². The monoisotopic (exact) mass is 352 g/mol. The van der Waals surface area contributed by atoms with Gasteiger partial charge in [-0.15, -0.1) is 11.3 Å². The zero-order valence-corrected chi connectivity index (χ0v) is 15.0. The summed E-state index contributed by atoms with van der Waals surface area (Å²) in [6.07, 6.45) is 5.31. The second-order valence-electron chi connectivity index (χ2n) is 6.26. The summed E-state index contributed by atoms with van der Waals surface area (Å²) in [6, 6.07) is 8.13. The third-order valence-corrected chi connectivity index (χ3v) is 5.76. The van der Waals surface area contributed by atoms with Gasteiger partial charge in [-0.3, -0.25) is 14.7 Å². The molecule has 1 aliphatic heterocycles. The molecule has 0 saturated heterocycles. The predicted octanol–water partition coefficient (Wildman–Crippen LogP) is 3.01. The molecular weight excluding hydrogens is 332 g/mol. The summed E-state index contributed by atoms with van der Waals surface area (Å²) in [4.78, 5) is 29.3. The molecule has 25 heavy (non-hydrogen) atoms. The van der Waals surface area contributed by atoms with Gasteiger partial charge in [-0.1, -0.05) is 6.92 Å². The summed E-state index contributed by atoms with van der Waals surface area (Å²) >= 11 is 1.86. The van der Waals surface area contributed by atoms with Crippen molar-refractivity contribution in [1.29, 1.82) is 0 Å². The standard InChI is InChI=1S/C19H20N4OS/c1-2-14-3-4-15(25-14)11-23-10-7-17-16(12-23)19(24)22-18(21-17)13-5-8-20-9-6-13/h3-6,8-9H,2,7,10-12H2,1H3,(H,21,22,24). The highest BCUT2D eigenvalue weighted by Crippen LogP contribution is 2.23. The van der Waals surface area contributed by atoms with Crippen LogP contribution in [0.25, 0.3) is 11.4 Å². The summed E-state index contributed by atoms with van der Waals surface area (Å²) in [5, 5.41) is 0. The fourth-order valence-electron chi connectivity index (χ4n) is 3.18. The number of nitrogens with one attached hydrogen (secondary N) is 1. The molecular formula is C19H20N4OS. The largest absolute Gasteiger partial charge is 0.306 e. The van der Waals surface area contributed by atoms with E-state index in [0.29, 0.717) is 12.4 Å². The van der Waals surface area contributed by atoms with Gasteiger partial charge in [0.1, 0.15) is 5.82 Å². The summed E-state index contributed by atoms with van der Waals surface area (Å²) < 4.78 is 0. The Morgan fingerprint density at radius 3 is 2.76 bits per heavy atom. The number of fused-ring (bicyclic) bond motifs is 1. The summed E-state index contributed by atoms with van der Waals surface area (Å²) in [6.45, 7) is 4.67. The Balaban J connectivity index is 1.56. The highest BCUT2D eigenvalue weighted by molar-refractivity contribution is 7.11. The Bertz CT molecular complexity index is 932. The molecule has 3 aromatic rings. The minimum Gasteiger partial charge on any atom is -0.306 e. The van der Waals surface area contributed by atoms with Gasteiger partial charge in [0, 0.05) is 53.8 Å². The van der Waals surface area contributed by atoms with E-state index in [-0.39, 0.29) is 5.56 Å². The van der Waals surface area contributed by atoms with E-state index in [0.717, 1.165) is 42.8 Å². The van der Waals surface area contributed by atoms with Crippen molar-refractivity contribution in [2.45, 2.75) is 32.9 Å². The fourth-order valence-corrected chi connectivity index (χ4v) is 4.18. The van der Waals surface area contributed by atoms with Crippen molar-refractivity contribution in [3.05, 3.63) is 68.0 Å². The molecule has 6 heteroatoms. The second kappa shape index (κ2) is 6.90. The van der Waals surface area contributed by atoms with Crippen LogP contribution in [0.3, 0.4) is 0 Å². The Morgan fingerprint density at radius 2 is 2.00 bits per heavy atom. The minimum absolute atomic E-state index is 0.0260. The molecule has 1 N–H and O–H groups in total. The van der Waals surface area contributed by atoms with Gasteiger partial charge in [0.05, 0.1) is 11.3 Å². The molecule has 0 aromatic carbocycles. The summed E-state index contributed by atoms with van der Waals surface area (Å²) in [5.41, 5.74) is 2.59. The van der Waals surface area contributed by atoms with Crippen LogP contribution in [0.1, 0.15) is 27.9 Å². The van der Waals surface area contributed by atoms with Gasteiger partial charge in [-0.05, 0) is 30.7 Å². The van der Waals surface area contributed by atoms with E-state index in [4.69, 9.17) is 4.98 Å². The smallest absolute Gasteiger partial charge is 0.255 e. The first-order chi connectivity index (χ1) is 12.2. The van der Waals surface area contributed by atoms with Crippen molar-refractivity contribution in [1.82, 2.24) is 19.9 Å². The molecule has 0 atom stereocenters. The normalized spacial score (nSPS) is 14.4. The van der Waals surface area contributed by atoms with Crippen LogP contribution < -0.4 is 5.56 Å². The number of aromatic nitrogens is 3. The highest BCUT2D eigenvalue weighted by atomic mass is 32.1. The molecule has 5 nitrogen and oxygen atoms in total. The van der Waals surface area contributed by atoms with E-state index in [1.54, 1.807) is 12.4 Å². The molecule has 0 aliphatic carbocycles. The van der Waals surface area contributed by atoms with E-state index in [1.807, 2.05) is 23.5 Å². The Labute approximate surface area is 150 Å². The Kier molecular flexibility index (Phi) is 4.46. The van der Waals surface area contributed by atoms with E-state index < -0.39 is 0 Å². The SMILES string of the molecule is CCc1ccc(CN2CCc3nc(-c4ccncc4)[nH]c(=O)c3C2)s1. The van der Waals surface area contributed by atoms with Crippen LogP contribution in [-0.2, 0) is 25.9 Å². The highest BCUT2D eigenvalue weighted by Gasteiger charge is 2.22. The van der Waals surface area contributed by atoms with Crippen LogP contribution in [0.2, 0.25) is 0 Å². The van der Waals surface area contributed by atoms with Gasteiger partial charge in [0.15, 0.2) is 0 Å². The zero-order valence-electron chi connectivity index (χ0n) is 14.2. The lowest BCUT2D eigenvalue weighted by atomic mass is 10.1. The average Bonchev–Trinajstić information content (AvgIpc) is 3.10. The molecule has 128 valence electrons. The number of hydrogen-bond donors (Lipinski definition) is 1. The topological polar surface area (TPSA) is 61.9 Å². The molecule has 4 heterocycles. The molecule has 0 unspecified atom stereocenters. The fraction of sp³-hybridized carbons (Fsp3) is 0.316. The van der Waals surface area contributed by atoms with Crippen LogP contribution in [0.4, 0.5) is 0 Å². The Hall–Kier alpha value is -2.31. The summed E-state index contributed by atoms with van der Waals surface area (Å²) in [7, 11) is 0. The van der Waals surface area contributed by atoms with Crippen molar-refractivity contribution < 1.29 is 0 Å². The number of H-pyrrole nitrogens is 1. The first kappa shape index (κ1) is 16.2. The van der Waals surface area contributed by atoms with Crippen molar-refractivity contribution in [3.8, 4) is 11.4 Å². The lowest BCUT2D eigenvalue weighted by Crippen LogP contribution is -2.35. The third-order valence-electron chi connectivity index (χ3n) is 4.55. The maximum Gasteiger partial charge on any atom is 0.255 e. The summed E-state index contributed by atoms with van der Waals surface area (Å²) in [5.74, 6) is 0.630. The van der Waals surface area contributed by atoms with E-state index >= 15 is 0 Å². The molecule has 0 bridgehead atoms. The van der Waals surface area contributed by atoms with E-state index in [2.05, 4.69) is 33.9 Å². The number of aromatic amines is 1. The quantitative estimate of drug-likeness (QED) is 0.784. The number of rotatable bonds is 4. The van der Waals surface area contributed by atoms with E-state index in [9.17, 15) is 4.79 Å². The average molecular weight is 352 g/mol. The zero-order chi connectivity index (χ0) is 17.2. The molecule has 0 amide bonds. The van der Waals surface area contributed by atoms with Crippen molar-refractivity contribution in [2.75, 3.05) is 6.54 Å². The molecule has 0 spiro atoms. The molecule has 1 aliphatic rings. The van der Waals surface area contributed by atoms with Gasteiger partial charge < -0.3 is 4.98 Å². The van der Waals surface area contributed by atoms with Gasteiger partial charge >= 0.3 is 0 Å². The van der Waals surface area contributed by atoms with Gasteiger partial charge in [-0.25, -0.2) is 4.98 Å². The first-order valence-corrected chi connectivity index (χ1v) is 9.37. The maximum atomic E-state index is 12.6. The number of pyridine rings is 1. The van der Waals surface area contributed by atoms with Crippen molar-refractivity contribution in [3.63, 3.8) is 0 Å². The van der Waals surface area contributed by atoms with Crippen LogP contribution in [0.5, 0.6) is 0 Å². The lowest BCUT2D eigenvalue weighted by molar-refractivity contribution is 0.244. The van der Waals surface area contributed by atoms with Crippen LogP contribution in [0.15, 0.2) is 41.5 Å². The number of nitrogens with zero attached hydrogens (tertiary/aromatic N) is 3. The van der Waals surface area contributed by atoms with Crippen LogP contribution >= 0.6 is 11.3 Å².